The lowest BCUT2D eigenvalue weighted by atomic mass is 10.1. The number of primary sulfonamides is 1. The van der Waals surface area contributed by atoms with E-state index in [1.807, 2.05) is 6.92 Å². The normalized spacial score (nSPS) is 11.8. The van der Waals surface area contributed by atoms with Crippen molar-refractivity contribution in [1.29, 1.82) is 0 Å². The van der Waals surface area contributed by atoms with Gasteiger partial charge in [0, 0.05) is 0 Å². The van der Waals surface area contributed by atoms with Crippen molar-refractivity contribution in [2.45, 2.75) is 32.2 Å². The number of nitrogens with zero attached hydrogens (tertiary/aromatic N) is 2. The number of aryl methyl sites for hydroxylation is 2. The molecule has 1 aromatic carbocycles. The number of aromatic nitrogens is 2. The third-order valence-corrected chi connectivity index (χ3v) is 4.39. The van der Waals surface area contributed by atoms with Gasteiger partial charge in [0.2, 0.25) is 10.0 Å². The number of benzene rings is 1. The fourth-order valence-corrected chi connectivity index (χ4v) is 3.19. The van der Waals surface area contributed by atoms with Crippen LogP contribution in [0.1, 0.15) is 22.5 Å². The van der Waals surface area contributed by atoms with Crippen molar-refractivity contribution in [3.8, 4) is 0 Å². The number of hydrogen-bond acceptors (Lipinski definition) is 3. The number of rotatable bonds is 3. The Morgan fingerprint density at radius 3 is 2.50 bits per heavy atom. The lowest BCUT2D eigenvalue weighted by Crippen LogP contribution is -2.14. The van der Waals surface area contributed by atoms with E-state index in [0.717, 1.165) is 11.1 Å². The largest absolute Gasteiger partial charge is 0.264 e. The fourth-order valence-electron chi connectivity index (χ4n) is 2.22. The van der Waals surface area contributed by atoms with Gasteiger partial charge in [0.05, 0.1) is 17.9 Å². The highest BCUT2D eigenvalue weighted by Crippen LogP contribution is 2.20. The molecule has 2 N–H and O–H groups in total. The summed E-state index contributed by atoms with van der Waals surface area (Å²) in [6.45, 7) is 5.38. The van der Waals surface area contributed by atoms with Crippen LogP contribution >= 0.6 is 0 Å². The zero-order valence-electron chi connectivity index (χ0n) is 11.5. The molecule has 0 fully saturated rings. The van der Waals surface area contributed by atoms with Crippen LogP contribution in [0.5, 0.6) is 0 Å². The molecule has 0 radical (unpaired) electrons. The molecule has 0 spiro atoms. The van der Waals surface area contributed by atoms with Gasteiger partial charge < -0.3 is 0 Å². The van der Waals surface area contributed by atoms with Gasteiger partial charge in [-0.2, -0.15) is 5.10 Å². The molecule has 0 saturated heterocycles. The average Bonchev–Trinajstić information content (AvgIpc) is 2.58. The monoisotopic (exact) mass is 297 g/mol. The molecule has 1 heterocycles. The minimum absolute atomic E-state index is 0.0338. The summed E-state index contributed by atoms with van der Waals surface area (Å²) >= 11 is 0. The molecular formula is C13H16FN3O2S. The molecule has 2 aromatic rings. The first-order valence-electron chi connectivity index (χ1n) is 6.02. The van der Waals surface area contributed by atoms with Crippen LogP contribution < -0.4 is 5.14 Å². The molecule has 0 unspecified atom stereocenters. The molecular weight excluding hydrogens is 281 g/mol. The standard InChI is InChI=1S/C13H16FN3O2S/c1-8-4-5-12(14)6-11(8)7-17-10(3)13(9(2)16-17)20(15,18)19/h4-6H,7H2,1-3H3,(H2,15,18,19). The third kappa shape index (κ3) is 2.73. The zero-order valence-corrected chi connectivity index (χ0v) is 12.3. The fraction of sp³-hybridized carbons (Fsp3) is 0.308. The van der Waals surface area contributed by atoms with Gasteiger partial charge in [0.25, 0.3) is 0 Å². The van der Waals surface area contributed by atoms with E-state index in [4.69, 9.17) is 5.14 Å². The van der Waals surface area contributed by atoms with Crippen molar-refractivity contribution >= 4 is 10.0 Å². The van der Waals surface area contributed by atoms with E-state index in [2.05, 4.69) is 5.10 Å². The van der Waals surface area contributed by atoms with Crippen molar-refractivity contribution in [3.05, 3.63) is 46.5 Å². The van der Waals surface area contributed by atoms with Gasteiger partial charge in [0.1, 0.15) is 10.7 Å². The molecule has 0 aliphatic carbocycles. The van der Waals surface area contributed by atoms with Crippen LogP contribution in [0.3, 0.4) is 0 Å². The molecule has 0 amide bonds. The van der Waals surface area contributed by atoms with Gasteiger partial charge in [-0.3, -0.25) is 4.68 Å². The van der Waals surface area contributed by atoms with Crippen LogP contribution in [0.15, 0.2) is 23.1 Å². The Labute approximate surface area is 117 Å². The van der Waals surface area contributed by atoms with E-state index in [1.54, 1.807) is 19.9 Å². The second kappa shape index (κ2) is 4.99. The van der Waals surface area contributed by atoms with Crippen LogP contribution in [0, 0.1) is 26.6 Å². The summed E-state index contributed by atoms with van der Waals surface area (Å²) in [5.41, 5.74) is 2.46. The second-order valence-electron chi connectivity index (χ2n) is 4.77. The van der Waals surface area contributed by atoms with E-state index in [1.165, 1.54) is 16.8 Å². The Bertz CT molecular complexity index is 766. The lowest BCUT2D eigenvalue weighted by Gasteiger charge is -2.08. The van der Waals surface area contributed by atoms with Crippen molar-refractivity contribution < 1.29 is 12.8 Å². The van der Waals surface area contributed by atoms with Crippen LogP contribution in [-0.2, 0) is 16.6 Å². The van der Waals surface area contributed by atoms with E-state index >= 15 is 0 Å². The van der Waals surface area contributed by atoms with Crippen LogP contribution in [-0.4, -0.2) is 18.2 Å². The van der Waals surface area contributed by atoms with E-state index in [0.29, 0.717) is 17.9 Å². The summed E-state index contributed by atoms with van der Waals surface area (Å²) in [6, 6.07) is 4.48. The number of sulfonamides is 1. The molecule has 108 valence electrons. The second-order valence-corrected chi connectivity index (χ2v) is 6.27. The maximum Gasteiger partial charge on any atom is 0.241 e. The third-order valence-electron chi connectivity index (χ3n) is 3.23. The molecule has 5 nitrogen and oxygen atoms in total. The Kier molecular flexibility index (Phi) is 3.66. The van der Waals surface area contributed by atoms with Gasteiger partial charge >= 0.3 is 0 Å². The summed E-state index contributed by atoms with van der Waals surface area (Å²) < 4.78 is 37.9. The molecule has 0 saturated carbocycles. The van der Waals surface area contributed by atoms with Crippen LogP contribution in [0.4, 0.5) is 4.39 Å². The highest BCUT2D eigenvalue weighted by atomic mass is 32.2. The first-order chi connectivity index (χ1) is 9.20. The smallest absolute Gasteiger partial charge is 0.241 e. The van der Waals surface area contributed by atoms with Gasteiger partial charge in [0.15, 0.2) is 0 Å². The quantitative estimate of drug-likeness (QED) is 0.935. The first kappa shape index (κ1) is 14.7. The molecule has 1 aromatic heterocycles. The summed E-state index contributed by atoms with van der Waals surface area (Å²) in [7, 11) is -3.81. The summed E-state index contributed by atoms with van der Waals surface area (Å²) in [5, 5.41) is 9.36. The zero-order chi connectivity index (χ0) is 15.1. The Hall–Kier alpha value is -1.73. The maximum absolute atomic E-state index is 13.3. The highest BCUT2D eigenvalue weighted by Gasteiger charge is 2.21. The average molecular weight is 297 g/mol. The van der Waals surface area contributed by atoms with Crippen molar-refractivity contribution in [3.63, 3.8) is 0 Å². The van der Waals surface area contributed by atoms with E-state index < -0.39 is 10.0 Å². The van der Waals surface area contributed by atoms with Gasteiger partial charge in [-0.15, -0.1) is 0 Å². The lowest BCUT2D eigenvalue weighted by molar-refractivity contribution is 0.595. The molecule has 20 heavy (non-hydrogen) atoms. The number of nitrogens with two attached hydrogens (primary N) is 1. The minimum Gasteiger partial charge on any atom is -0.264 e. The SMILES string of the molecule is Cc1ccc(F)cc1Cn1nc(C)c(S(N)(=O)=O)c1C. The van der Waals surface area contributed by atoms with Gasteiger partial charge in [-0.1, -0.05) is 6.07 Å². The Balaban J connectivity index is 2.48. The van der Waals surface area contributed by atoms with E-state index in [-0.39, 0.29) is 10.7 Å². The summed E-state index contributed by atoms with van der Waals surface area (Å²) in [4.78, 5) is 0.0338. The number of halogens is 1. The molecule has 0 atom stereocenters. The van der Waals surface area contributed by atoms with Crippen LogP contribution in [0.2, 0.25) is 0 Å². The molecule has 7 heteroatoms. The predicted octanol–water partition coefficient (Wildman–Crippen LogP) is 1.64. The molecule has 2 rings (SSSR count). The predicted molar refractivity (Wildman–Crippen MR) is 73.3 cm³/mol. The molecule has 0 bridgehead atoms. The Morgan fingerprint density at radius 2 is 1.95 bits per heavy atom. The van der Waals surface area contributed by atoms with Crippen molar-refractivity contribution in [2.75, 3.05) is 0 Å². The summed E-state index contributed by atoms with van der Waals surface area (Å²) in [5.74, 6) is -0.334. The van der Waals surface area contributed by atoms with Crippen molar-refractivity contribution in [1.82, 2.24) is 9.78 Å². The Morgan fingerprint density at radius 1 is 1.30 bits per heavy atom. The summed E-state index contributed by atoms with van der Waals surface area (Å²) in [6.07, 6.45) is 0. The van der Waals surface area contributed by atoms with Gasteiger partial charge in [-0.25, -0.2) is 17.9 Å². The molecule has 0 aliphatic rings. The first-order valence-corrected chi connectivity index (χ1v) is 7.56. The van der Waals surface area contributed by atoms with Crippen LogP contribution in [0.25, 0.3) is 0 Å². The minimum atomic E-state index is -3.81. The topological polar surface area (TPSA) is 78.0 Å². The highest BCUT2D eigenvalue weighted by molar-refractivity contribution is 7.89. The maximum atomic E-state index is 13.3. The molecule has 0 aliphatic heterocycles. The number of hydrogen-bond donors (Lipinski definition) is 1. The van der Waals surface area contributed by atoms with Gasteiger partial charge in [-0.05, 0) is 44.0 Å². The van der Waals surface area contributed by atoms with E-state index in [9.17, 15) is 12.8 Å². The van der Waals surface area contributed by atoms with Crippen molar-refractivity contribution in [2.24, 2.45) is 5.14 Å².